The van der Waals surface area contributed by atoms with Gasteiger partial charge in [0, 0.05) is 16.7 Å². The molecule has 0 unspecified atom stereocenters. The van der Waals surface area contributed by atoms with Gasteiger partial charge < -0.3 is 10.1 Å². The number of nitrogens with one attached hydrogen (secondary N) is 1. The molecule has 0 aliphatic heterocycles. The number of hydrogen-bond acceptors (Lipinski definition) is 3. The molecule has 0 bridgehead atoms. The zero-order valence-corrected chi connectivity index (χ0v) is 11.9. The van der Waals surface area contributed by atoms with Crippen molar-refractivity contribution in [1.82, 2.24) is 0 Å². The minimum atomic E-state index is 0.0751. The molecule has 0 aliphatic carbocycles. The Morgan fingerprint density at radius 3 is 2.37 bits per heavy atom. The van der Waals surface area contributed by atoms with Gasteiger partial charge in [0.1, 0.15) is 11.8 Å². The van der Waals surface area contributed by atoms with Crippen molar-refractivity contribution >= 4 is 21.6 Å². The fourth-order valence-electron chi connectivity index (χ4n) is 1.59. The van der Waals surface area contributed by atoms with E-state index in [0.29, 0.717) is 5.75 Å². The molecule has 2 aromatic rings. The molecule has 0 radical (unpaired) electrons. The summed E-state index contributed by atoms with van der Waals surface area (Å²) < 4.78 is 6.27. The van der Waals surface area contributed by atoms with Crippen LogP contribution in [0.1, 0.15) is 5.56 Å². The van der Waals surface area contributed by atoms with E-state index >= 15 is 0 Å². The van der Waals surface area contributed by atoms with Gasteiger partial charge in [0.15, 0.2) is 6.61 Å². The van der Waals surface area contributed by atoms with Crippen LogP contribution in [-0.2, 0) is 6.54 Å². The zero-order valence-electron chi connectivity index (χ0n) is 10.3. The van der Waals surface area contributed by atoms with Gasteiger partial charge in [-0.05, 0) is 42.0 Å². The lowest BCUT2D eigenvalue weighted by Gasteiger charge is -2.08. The first-order valence-corrected chi connectivity index (χ1v) is 6.65. The van der Waals surface area contributed by atoms with E-state index in [9.17, 15) is 0 Å². The summed E-state index contributed by atoms with van der Waals surface area (Å²) in [4.78, 5) is 0. The fraction of sp³-hybridized carbons (Fsp3) is 0.133. The number of rotatable bonds is 5. The first kappa shape index (κ1) is 13.4. The summed E-state index contributed by atoms with van der Waals surface area (Å²) in [5.41, 5.74) is 2.24. The van der Waals surface area contributed by atoms with Crippen molar-refractivity contribution in [3.05, 3.63) is 58.6 Å². The van der Waals surface area contributed by atoms with Gasteiger partial charge in [0.25, 0.3) is 0 Å². The number of nitriles is 1. The predicted octanol–water partition coefficient (Wildman–Crippen LogP) is 3.96. The summed E-state index contributed by atoms with van der Waals surface area (Å²) in [6.45, 7) is 0.845. The molecule has 0 fully saturated rings. The molecule has 0 saturated carbocycles. The maximum Gasteiger partial charge on any atom is 0.174 e. The first-order chi connectivity index (χ1) is 9.28. The molecule has 0 saturated heterocycles. The molecule has 0 aliphatic rings. The average molecular weight is 317 g/mol. The largest absolute Gasteiger partial charge is 0.479 e. The van der Waals surface area contributed by atoms with Crippen LogP contribution in [-0.4, -0.2) is 6.61 Å². The van der Waals surface area contributed by atoms with Crippen LogP contribution in [0.15, 0.2) is 53.0 Å². The third-order valence-corrected chi connectivity index (χ3v) is 3.10. The van der Waals surface area contributed by atoms with E-state index in [1.807, 2.05) is 42.5 Å². The summed E-state index contributed by atoms with van der Waals surface area (Å²) in [6, 6.07) is 17.7. The number of benzene rings is 2. The summed E-state index contributed by atoms with van der Waals surface area (Å²) in [7, 11) is 0. The molecule has 0 atom stereocenters. The van der Waals surface area contributed by atoms with Crippen LogP contribution in [0.3, 0.4) is 0 Å². The van der Waals surface area contributed by atoms with Gasteiger partial charge in [0.2, 0.25) is 0 Å². The Hall–Kier alpha value is -1.99. The minimum absolute atomic E-state index is 0.0751. The van der Waals surface area contributed by atoms with Gasteiger partial charge in [-0.3, -0.25) is 0 Å². The Kier molecular flexibility index (Phi) is 4.82. The molecule has 2 aromatic carbocycles. The van der Waals surface area contributed by atoms with Gasteiger partial charge in [-0.25, -0.2) is 0 Å². The van der Waals surface area contributed by atoms with E-state index in [1.54, 1.807) is 0 Å². The molecule has 19 heavy (non-hydrogen) atoms. The summed E-state index contributed by atoms with van der Waals surface area (Å²) in [5, 5.41) is 11.7. The second-order valence-corrected chi connectivity index (χ2v) is 4.87. The fourth-order valence-corrected chi connectivity index (χ4v) is 1.86. The number of halogens is 1. The monoisotopic (exact) mass is 316 g/mol. The second kappa shape index (κ2) is 6.81. The molecule has 0 amide bonds. The van der Waals surface area contributed by atoms with Gasteiger partial charge >= 0.3 is 0 Å². The van der Waals surface area contributed by atoms with Crippen LogP contribution in [0.2, 0.25) is 0 Å². The number of nitrogens with zero attached hydrogens (tertiary/aromatic N) is 1. The van der Waals surface area contributed by atoms with Crippen LogP contribution >= 0.6 is 15.9 Å². The molecular formula is C15H13BrN2O. The lowest BCUT2D eigenvalue weighted by molar-refractivity contribution is 0.368. The second-order valence-electron chi connectivity index (χ2n) is 3.95. The van der Waals surface area contributed by atoms with E-state index in [2.05, 4.69) is 33.4 Å². The summed E-state index contributed by atoms with van der Waals surface area (Å²) in [6.07, 6.45) is 0. The quantitative estimate of drug-likeness (QED) is 0.908. The van der Waals surface area contributed by atoms with E-state index in [0.717, 1.165) is 16.7 Å². The molecule has 0 heterocycles. The van der Waals surface area contributed by atoms with Crippen molar-refractivity contribution < 1.29 is 4.74 Å². The molecule has 0 aromatic heterocycles. The van der Waals surface area contributed by atoms with E-state index < -0.39 is 0 Å². The van der Waals surface area contributed by atoms with Gasteiger partial charge in [-0.2, -0.15) is 5.26 Å². The van der Waals surface area contributed by atoms with E-state index in [-0.39, 0.29) is 6.61 Å². The maximum absolute atomic E-state index is 8.42. The minimum Gasteiger partial charge on any atom is -0.479 e. The molecule has 2 rings (SSSR count). The molecule has 3 nitrogen and oxygen atoms in total. The highest BCUT2D eigenvalue weighted by Crippen LogP contribution is 2.17. The third kappa shape index (κ3) is 4.31. The Bertz CT molecular complexity index is 558. The molecule has 96 valence electrons. The SMILES string of the molecule is N#CCOc1ccc(NCc2ccc(Br)cc2)cc1. The standard InChI is InChI=1S/C15H13BrN2O/c16-13-3-1-12(2-4-13)11-18-14-5-7-15(8-6-14)19-10-9-17/h1-8,18H,10-11H2. The number of anilines is 1. The van der Waals surface area contributed by atoms with Crippen LogP contribution < -0.4 is 10.1 Å². The highest BCUT2D eigenvalue weighted by Gasteiger charge is 1.96. The van der Waals surface area contributed by atoms with Crippen molar-refractivity contribution in [1.29, 1.82) is 5.26 Å². The molecule has 4 heteroatoms. The first-order valence-electron chi connectivity index (χ1n) is 5.86. The smallest absolute Gasteiger partial charge is 0.174 e. The molecular weight excluding hydrogens is 304 g/mol. The van der Waals surface area contributed by atoms with Crippen LogP contribution in [0.4, 0.5) is 5.69 Å². The van der Waals surface area contributed by atoms with Crippen molar-refractivity contribution in [2.24, 2.45) is 0 Å². The Morgan fingerprint density at radius 1 is 1.05 bits per heavy atom. The van der Waals surface area contributed by atoms with Crippen LogP contribution in [0, 0.1) is 11.3 Å². The van der Waals surface area contributed by atoms with Crippen molar-refractivity contribution in [3.63, 3.8) is 0 Å². The van der Waals surface area contributed by atoms with Gasteiger partial charge in [0.05, 0.1) is 0 Å². The van der Waals surface area contributed by atoms with E-state index in [1.165, 1.54) is 5.56 Å². The summed E-state index contributed by atoms with van der Waals surface area (Å²) in [5.74, 6) is 0.704. The number of ether oxygens (including phenoxy) is 1. The van der Waals surface area contributed by atoms with Crippen molar-refractivity contribution in [2.45, 2.75) is 6.54 Å². The predicted molar refractivity (Wildman–Crippen MR) is 79.0 cm³/mol. The number of hydrogen-bond donors (Lipinski definition) is 1. The molecule has 0 spiro atoms. The van der Waals surface area contributed by atoms with Crippen LogP contribution in [0.25, 0.3) is 0 Å². The normalized spacial score (nSPS) is 9.68. The third-order valence-electron chi connectivity index (χ3n) is 2.57. The highest BCUT2D eigenvalue weighted by atomic mass is 79.9. The maximum atomic E-state index is 8.42. The highest BCUT2D eigenvalue weighted by molar-refractivity contribution is 9.10. The van der Waals surface area contributed by atoms with Gasteiger partial charge in [-0.1, -0.05) is 28.1 Å². The Morgan fingerprint density at radius 2 is 1.74 bits per heavy atom. The Balaban J connectivity index is 1.89. The molecule has 1 N–H and O–H groups in total. The lowest BCUT2D eigenvalue weighted by Crippen LogP contribution is -1.99. The Labute approximate surface area is 121 Å². The summed E-state index contributed by atoms with van der Waals surface area (Å²) >= 11 is 3.41. The van der Waals surface area contributed by atoms with Gasteiger partial charge in [-0.15, -0.1) is 0 Å². The van der Waals surface area contributed by atoms with Crippen LogP contribution in [0.5, 0.6) is 5.75 Å². The topological polar surface area (TPSA) is 45.0 Å². The van der Waals surface area contributed by atoms with Crippen molar-refractivity contribution in [2.75, 3.05) is 11.9 Å². The van der Waals surface area contributed by atoms with E-state index in [4.69, 9.17) is 10.00 Å². The zero-order chi connectivity index (χ0) is 13.5. The van der Waals surface area contributed by atoms with Crippen molar-refractivity contribution in [3.8, 4) is 11.8 Å². The lowest BCUT2D eigenvalue weighted by atomic mass is 10.2. The average Bonchev–Trinajstić information content (AvgIpc) is 2.46.